The molecule has 0 aliphatic carbocycles. The molecular formula is C12H20N4O2. The number of hydrogen-bond donors (Lipinski definition) is 2. The van der Waals surface area contributed by atoms with Crippen molar-refractivity contribution in [2.24, 2.45) is 5.84 Å². The van der Waals surface area contributed by atoms with Crippen LogP contribution in [-0.2, 0) is 22.5 Å². The predicted molar refractivity (Wildman–Crippen MR) is 66.4 cm³/mol. The number of amides is 1. The Balaban J connectivity index is 1.91. The molecule has 0 spiro atoms. The van der Waals surface area contributed by atoms with Crippen LogP contribution < -0.4 is 11.3 Å². The van der Waals surface area contributed by atoms with Crippen LogP contribution in [-0.4, -0.2) is 27.7 Å². The van der Waals surface area contributed by atoms with Gasteiger partial charge in [0.05, 0.1) is 12.6 Å². The molecule has 0 bridgehead atoms. The van der Waals surface area contributed by atoms with Gasteiger partial charge in [0, 0.05) is 18.8 Å². The molecule has 1 saturated heterocycles. The smallest absolute Gasteiger partial charge is 0.263 e. The molecule has 1 aromatic rings. The van der Waals surface area contributed by atoms with Gasteiger partial charge in [-0.25, -0.2) is 10.8 Å². The fourth-order valence-corrected chi connectivity index (χ4v) is 2.30. The lowest BCUT2D eigenvalue weighted by molar-refractivity contribution is -0.132. The number of hydrogen-bond acceptors (Lipinski definition) is 4. The van der Waals surface area contributed by atoms with Crippen molar-refractivity contribution in [1.82, 2.24) is 15.0 Å². The fraction of sp³-hybridized carbons (Fsp3) is 0.667. The van der Waals surface area contributed by atoms with Crippen molar-refractivity contribution in [1.29, 1.82) is 0 Å². The lowest BCUT2D eigenvalue weighted by Gasteiger charge is -2.14. The van der Waals surface area contributed by atoms with Gasteiger partial charge in [0.2, 0.25) is 0 Å². The molecule has 2 unspecified atom stereocenters. The summed E-state index contributed by atoms with van der Waals surface area (Å²) in [6.45, 7) is 2.89. The molecule has 1 fully saturated rings. The van der Waals surface area contributed by atoms with Gasteiger partial charge in [0.25, 0.3) is 5.91 Å². The Morgan fingerprint density at radius 3 is 3.22 bits per heavy atom. The topological polar surface area (TPSA) is 82.2 Å². The van der Waals surface area contributed by atoms with E-state index in [0.29, 0.717) is 0 Å². The van der Waals surface area contributed by atoms with Crippen molar-refractivity contribution in [3.05, 3.63) is 18.2 Å². The summed E-state index contributed by atoms with van der Waals surface area (Å²) in [5.41, 5.74) is 2.13. The Kier molecular flexibility index (Phi) is 4.33. The zero-order valence-electron chi connectivity index (χ0n) is 10.6. The van der Waals surface area contributed by atoms with E-state index in [0.717, 1.165) is 38.1 Å². The predicted octanol–water partition coefficient (Wildman–Crippen LogP) is 0.373. The first-order chi connectivity index (χ1) is 8.74. The molecule has 6 heteroatoms. The number of ether oxygens (including phenoxy) is 1. The van der Waals surface area contributed by atoms with Gasteiger partial charge in [0.1, 0.15) is 11.9 Å². The molecule has 0 aromatic carbocycles. The van der Waals surface area contributed by atoms with Crippen molar-refractivity contribution in [3.8, 4) is 0 Å². The maximum absolute atomic E-state index is 11.4. The highest BCUT2D eigenvalue weighted by Crippen LogP contribution is 2.21. The third-order valence-corrected chi connectivity index (χ3v) is 3.22. The molecule has 1 amide bonds. The van der Waals surface area contributed by atoms with Crippen LogP contribution in [0.15, 0.2) is 12.4 Å². The minimum atomic E-state index is -0.404. The number of carbonyl (C=O) groups is 1. The Hall–Kier alpha value is -1.40. The van der Waals surface area contributed by atoms with Gasteiger partial charge in [-0.1, -0.05) is 6.92 Å². The lowest BCUT2D eigenvalue weighted by Crippen LogP contribution is -2.39. The van der Waals surface area contributed by atoms with Gasteiger partial charge in [-0.05, 0) is 19.3 Å². The number of carbonyl (C=O) groups excluding carboxylic acids is 1. The van der Waals surface area contributed by atoms with Gasteiger partial charge in [-0.3, -0.25) is 10.2 Å². The summed E-state index contributed by atoms with van der Waals surface area (Å²) >= 11 is 0. The van der Waals surface area contributed by atoms with Crippen molar-refractivity contribution >= 4 is 5.91 Å². The van der Waals surface area contributed by atoms with Crippen LogP contribution in [0.5, 0.6) is 0 Å². The maximum atomic E-state index is 11.4. The summed E-state index contributed by atoms with van der Waals surface area (Å²) in [5.74, 6) is 5.94. The largest absolute Gasteiger partial charge is 0.363 e. The van der Waals surface area contributed by atoms with Crippen LogP contribution >= 0.6 is 0 Å². The number of nitrogens with two attached hydrogens (primary N) is 1. The van der Waals surface area contributed by atoms with Gasteiger partial charge in [-0.15, -0.1) is 0 Å². The second-order valence-electron chi connectivity index (χ2n) is 4.58. The van der Waals surface area contributed by atoms with Crippen molar-refractivity contribution in [2.75, 3.05) is 0 Å². The van der Waals surface area contributed by atoms with Crippen LogP contribution in [0.25, 0.3) is 0 Å². The minimum Gasteiger partial charge on any atom is -0.363 e. The molecule has 100 valence electrons. The average molecular weight is 252 g/mol. The normalized spacial score (nSPS) is 23.2. The molecule has 0 radical (unpaired) electrons. The number of aromatic nitrogens is 2. The molecule has 2 rings (SSSR count). The van der Waals surface area contributed by atoms with Gasteiger partial charge in [0.15, 0.2) is 0 Å². The standard InChI is InChI=1S/C12H20N4O2/c1-2-3-11-14-6-7-16(11)8-9-4-5-10(18-9)12(17)15-13/h6-7,9-10H,2-5,8,13H2,1H3,(H,15,17). The van der Waals surface area contributed by atoms with E-state index in [2.05, 4.69) is 21.9 Å². The first-order valence-electron chi connectivity index (χ1n) is 6.40. The van der Waals surface area contributed by atoms with E-state index in [9.17, 15) is 4.79 Å². The zero-order valence-corrected chi connectivity index (χ0v) is 10.6. The van der Waals surface area contributed by atoms with Gasteiger partial charge < -0.3 is 9.30 Å². The molecule has 1 aromatic heterocycles. The first kappa shape index (κ1) is 13.0. The second kappa shape index (κ2) is 5.97. The van der Waals surface area contributed by atoms with Crippen LogP contribution in [0, 0.1) is 0 Å². The SMILES string of the molecule is CCCc1nccn1CC1CCC(C(=O)NN)O1. The molecule has 2 atom stereocenters. The fourth-order valence-electron chi connectivity index (χ4n) is 2.30. The Labute approximate surface area is 106 Å². The molecule has 2 heterocycles. The van der Waals surface area contributed by atoms with E-state index in [4.69, 9.17) is 10.6 Å². The van der Waals surface area contributed by atoms with E-state index in [1.807, 2.05) is 12.4 Å². The Morgan fingerprint density at radius 1 is 1.67 bits per heavy atom. The zero-order chi connectivity index (χ0) is 13.0. The van der Waals surface area contributed by atoms with Crippen LogP contribution in [0.1, 0.15) is 32.0 Å². The second-order valence-corrected chi connectivity index (χ2v) is 4.58. The molecule has 18 heavy (non-hydrogen) atoms. The number of imidazole rings is 1. The van der Waals surface area contributed by atoms with Crippen molar-refractivity contribution < 1.29 is 9.53 Å². The van der Waals surface area contributed by atoms with Crippen LogP contribution in [0.2, 0.25) is 0 Å². The van der Waals surface area contributed by atoms with Gasteiger partial charge in [-0.2, -0.15) is 0 Å². The molecule has 3 N–H and O–H groups in total. The van der Waals surface area contributed by atoms with Gasteiger partial charge >= 0.3 is 0 Å². The summed E-state index contributed by atoms with van der Waals surface area (Å²) in [7, 11) is 0. The summed E-state index contributed by atoms with van der Waals surface area (Å²) < 4.78 is 7.79. The Morgan fingerprint density at radius 2 is 2.50 bits per heavy atom. The number of hydrazine groups is 1. The van der Waals surface area contributed by atoms with Crippen LogP contribution in [0.4, 0.5) is 0 Å². The third-order valence-electron chi connectivity index (χ3n) is 3.22. The maximum Gasteiger partial charge on any atom is 0.263 e. The summed E-state index contributed by atoms with van der Waals surface area (Å²) in [6.07, 6.45) is 7.07. The Bertz CT molecular complexity index is 405. The quantitative estimate of drug-likeness (QED) is 0.451. The summed E-state index contributed by atoms with van der Waals surface area (Å²) in [4.78, 5) is 15.7. The number of nitrogens with zero attached hydrogens (tertiary/aromatic N) is 2. The van der Waals surface area contributed by atoms with E-state index in [1.165, 1.54) is 0 Å². The minimum absolute atomic E-state index is 0.0668. The molecular weight excluding hydrogens is 232 g/mol. The van der Waals surface area contributed by atoms with Crippen LogP contribution in [0.3, 0.4) is 0 Å². The van der Waals surface area contributed by atoms with E-state index in [-0.39, 0.29) is 12.0 Å². The third kappa shape index (κ3) is 2.88. The molecule has 1 aliphatic heterocycles. The highest BCUT2D eigenvalue weighted by atomic mass is 16.5. The average Bonchev–Trinajstić information content (AvgIpc) is 3.00. The summed E-state index contributed by atoms with van der Waals surface area (Å²) in [5, 5.41) is 0. The van der Waals surface area contributed by atoms with E-state index >= 15 is 0 Å². The highest BCUT2D eigenvalue weighted by Gasteiger charge is 2.30. The lowest BCUT2D eigenvalue weighted by atomic mass is 10.2. The van der Waals surface area contributed by atoms with E-state index in [1.54, 1.807) is 0 Å². The number of nitrogens with one attached hydrogen (secondary N) is 1. The number of aryl methyl sites for hydroxylation is 1. The van der Waals surface area contributed by atoms with E-state index < -0.39 is 6.10 Å². The molecule has 6 nitrogen and oxygen atoms in total. The molecule has 0 saturated carbocycles. The highest BCUT2D eigenvalue weighted by molar-refractivity contribution is 5.80. The summed E-state index contributed by atoms with van der Waals surface area (Å²) in [6, 6.07) is 0. The monoisotopic (exact) mass is 252 g/mol. The van der Waals surface area contributed by atoms with Crippen molar-refractivity contribution in [2.45, 2.75) is 51.4 Å². The first-order valence-corrected chi connectivity index (χ1v) is 6.40. The van der Waals surface area contributed by atoms with Crippen molar-refractivity contribution in [3.63, 3.8) is 0 Å². The number of rotatable bonds is 5. The molecule has 1 aliphatic rings.